The highest BCUT2D eigenvalue weighted by molar-refractivity contribution is 5.80. The van der Waals surface area contributed by atoms with Crippen molar-refractivity contribution < 1.29 is 4.74 Å². The molecular weight excluding hydrogens is 362 g/mol. The molecule has 5 rings (SSSR count). The summed E-state index contributed by atoms with van der Waals surface area (Å²) < 4.78 is 6.13. The number of nitrogens with zero attached hydrogens (tertiary/aromatic N) is 3. The largest absolute Gasteiger partial charge is 0.377 e. The highest BCUT2D eigenvalue weighted by Crippen LogP contribution is 2.60. The van der Waals surface area contributed by atoms with E-state index < -0.39 is 0 Å². The van der Waals surface area contributed by atoms with Crippen molar-refractivity contribution in [1.82, 2.24) is 20.5 Å². The molecule has 158 valence electrons. The first-order valence-corrected chi connectivity index (χ1v) is 11.5. The summed E-state index contributed by atoms with van der Waals surface area (Å²) in [4.78, 5) is 11.6. The Balaban J connectivity index is 1.14. The lowest BCUT2D eigenvalue weighted by Crippen LogP contribution is -2.69. The van der Waals surface area contributed by atoms with E-state index >= 15 is 0 Å². The number of aromatic nitrogens is 1. The normalized spacial score (nSPS) is 32.2. The zero-order chi connectivity index (χ0) is 19.7. The molecule has 4 fully saturated rings. The van der Waals surface area contributed by atoms with Gasteiger partial charge in [0.1, 0.15) is 0 Å². The fraction of sp³-hybridized carbons (Fsp3) is 0.739. The maximum Gasteiger partial charge on any atom is 0.191 e. The van der Waals surface area contributed by atoms with Crippen molar-refractivity contribution in [1.29, 1.82) is 0 Å². The molecule has 29 heavy (non-hydrogen) atoms. The van der Waals surface area contributed by atoms with Gasteiger partial charge in [-0.15, -0.1) is 0 Å². The van der Waals surface area contributed by atoms with Crippen molar-refractivity contribution in [3.05, 3.63) is 30.1 Å². The van der Waals surface area contributed by atoms with Crippen molar-refractivity contribution in [2.75, 3.05) is 26.7 Å². The number of likely N-dealkylation sites (tertiary alicyclic amines) is 1. The molecule has 6 nitrogen and oxygen atoms in total. The Morgan fingerprint density at radius 3 is 2.76 bits per heavy atom. The molecule has 3 heterocycles. The molecule has 0 radical (unpaired) electrons. The molecule has 1 aromatic heterocycles. The Bertz CT molecular complexity index is 709. The van der Waals surface area contributed by atoms with Gasteiger partial charge in [0, 0.05) is 62.9 Å². The molecule has 2 aliphatic carbocycles. The van der Waals surface area contributed by atoms with Crippen LogP contribution in [0.25, 0.3) is 0 Å². The molecule has 2 N–H and O–H groups in total. The standard InChI is InChI=1S/C23H35N5O/c1-24-22(27-20-19-9-15-29-21(19)23(20)10-3-4-11-23)26-17-7-13-28(14-8-17)16-18-6-2-5-12-25-18/h2,5-6,12,17,19-21H,3-4,7-11,13-16H2,1H3,(H2,24,26,27). The van der Waals surface area contributed by atoms with E-state index in [4.69, 9.17) is 4.74 Å². The van der Waals surface area contributed by atoms with Gasteiger partial charge in [0.25, 0.3) is 0 Å². The summed E-state index contributed by atoms with van der Waals surface area (Å²) in [6, 6.07) is 7.21. The molecule has 0 aromatic carbocycles. The molecule has 6 heteroatoms. The second kappa shape index (κ2) is 8.23. The van der Waals surface area contributed by atoms with Gasteiger partial charge in [0.05, 0.1) is 11.8 Å². The lowest BCUT2D eigenvalue weighted by molar-refractivity contribution is -0.125. The van der Waals surface area contributed by atoms with E-state index in [1.54, 1.807) is 0 Å². The molecule has 0 amide bonds. The fourth-order valence-electron chi connectivity index (χ4n) is 6.37. The first-order chi connectivity index (χ1) is 14.3. The third kappa shape index (κ3) is 3.66. The molecule has 0 bridgehead atoms. The topological polar surface area (TPSA) is 61.8 Å². The molecule has 1 spiro atoms. The molecule has 2 saturated carbocycles. The van der Waals surface area contributed by atoms with Crippen LogP contribution in [0.5, 0.6) is 0 Å². The van der Waals surface area contributed by atoms with Crippen LogP contribution in [0.1, 0.15) is 50.6 Å². The summed E-state index contributed by atoms with van der Waals surface area (Å²) in [5.41, 5.74) is 1.53. The van der Waals surface area contributed by atoms with Crippen LogP contribution >= 0.6 is 0 Å². The fourth-order valence-corrected chi connectivity index (χ4v) is 6.37. The summed E-state index contributed by atoms with van der Waals surface area (Å²) >= 11 is 0. The van der Waals surface area contributed by atoms with Gasteiger partial charge in [0.2, 0.25) is 0 Å². The van der Waals surface area contributed by atoms with Gasteiger partial charge in [-0.05, 0) is 44.2 Å². The van der Waals surface area contributed by atoms with E-state index in [1.165, 1.54) is 32.1 Å². The van der Waals surface area contributed by atoms with Crippen LogP contribution in [0.2, 0.25) is 0 Å². The minimum absolute atomic E-state index is 0.366. The van der Waals surface area contributed by atoms with Gasteiger partial charge in [-0.3, -0.25) is 14.9 Å². The van der Waals surface area contributed by atoms with Crippen LogP contribution in [0.4, 0.5) is 0 Å². The zero-order valence-electron chi connectivity index (χ0n) is 17.6. The van der Waals surface area contributed by atoms with Crippen LogP contribution in [-0.2, 0) is 11.3 Å². The van der Waals surface area contributed by atoms with Crippen LogP contribution in [-0.4, -0.2) is 60.8 Å². The lowest BCUT2D eigenvalue weighted by atomic mass is 9.54. The number of fused-ring (bicyclic) bond motifs is 2. The molecule has 3 atom stereocenters. The summed E-state index contributed by atoms with van der Waals surface area (Å²) in [7, 11) is 1.91. The second-order valence-electron chi connectivity index (χ2n) is 9.39. The van der Waals surface area contributed by atoms with E-state index in [2.05, 4.69) is 37.6 Å². The zero-order valence-corrected chi connectivity index (χ0v) is 17.6. The monoisotopic (exact) mass is 397 g/mol. The van der Waals surface area contributed by atoms with Crippen molar-refractivity contribution in [2.45, 2.75) is 69.7 Å². The number of ether oxygens (including phenoxy) is 1. The Morgan fingerprint density at radius 1 is 1.21 bits per heavy atom. The van der Waals surface area contributed by atoms with E-state index in [0.29, 0.717) is 29.5 Å². The molecule has 1 aromatic rings. The van der Waals surface area contributed by atoms with E-state index in [1.807, 2.05) is 19.3 Å². The maximum absolute atomic E-state index is 6.13. The highest BCUT2D eigenvalue weighted by Gasteiger charge is 2.65. The predicted octanol–water partition coefficient (Wildman–Crippen LogP) is 2.56. The Labute approximate surface area is 174 Å². The number of piperidine rings is 1. The summed E-state index contributed by atoms with van der Waals surface area (Å²) in [6.45, 7) is 4.11. The third-order valence-electron chi connectivity index (χ3n) is 7.84. The number of guanidine groups is 1. The summed E-state index contributed by atoms with van der Waals surface area (Å²) in [6.07, 6.45) is 11.2. The van der Waals surface area contributed by atoms with Crippen LogP contribution in [0.3, 0.4) is 0 Å². The van der Waals surface area contributed by atoms with Crippen molar-refractivity contribution in [2.24, 2.45) is 16.3 Å². The Kier molecular flexibility index (Phi) is 5.48. The number of pyridine rings is 1. The highest BCUT2D eigenvalue weighted by atomic mass is 16.5. The molecular formula is C23H35N5O. The van der Waals surface area contributed by atoms with E-state index in [9.17, 15) is 0 Å². The number of aliphatic imine (C=N–C) groups is 1. The van der Waals surface area contributed by atoms with Crippen molar-refractivity contribution >= 4 is 5.96 Å². The van der Waals surface area contributed by atoms with Gasteiger partial charge in [-0.1, -0.05) is 18.9 Å². The lowest BCUT2D eigenvalue weighted by Gasteiger charge is -2.57. The molecule has 4 aliphatic rings. The maximum atomic E-state index is 6.13. The SMILES string of the molecule is CN=C(NC1CCN(Cc2ccccn2)CC1)NC1C2CCOC2C12CCCC2. The van der Waals surface area contributed by atoms with Gasteiger partial charge < -0.3 is 15.4 Å². The average Bonchev–Trinajstić information content (AvgIpc) is 3.42. The first kappa shape index (κ1) is 19.3. The second-order valence-corrected chi connectivity index (χ2v) is 9.39. The molecule has 2 aliphatic heterocycles. The van der Waals surface area contributed by atoms with Crippen LogP contribution in [0, 0.1) is 11.3 Å². The smallest absolute Gasteiger partial charge is 0.191 e. The average molecular weight is 398 g/mol. The quantitative estimate of drug-likeness (QED) is 0.604. The minimum atomic E-state index is 0.366. The number of hydrogen-bond acceptors (Lipinski definition) is 4. The molecule has 2 saturated heterocycles. The minimum Gasteiger partial charge on any atom is -0.377 e. The first-order valence-electron chi connectivity index (χ1n) is 11.5. The summed E-state index contributed by atoms with van der Waals surface area (Å²) in [5.74, 6) is 1.67. The van der Waals surface area contributed by atoms with Gasteiger partial charge in [-0.25, -0.2) is 0 Å². The third-order valence-corrected chi connectivity index (χ3v) is 7.84. The molecule has 3 unspecified atom stereocenters. The number of nitrogens with one attached hydrogen (secondary N) is 2. The Morgan fingerprint density at radius 2 is 2.03 bits per heavy atom. The van der Waals surface area contributed by atoms with Crippen molar-refractivity contribution in [3.63, 3.8) is 0 Å². The number of rotatable bonds is 4. The van der Waals surface area contributed by atoms with Crippen molar-refractivity contribution in [3.8, 4) is 0 Å². The predicted molar refractivity (Wildman–Crippen MR) is 115 cm³/mol. The van der Waals surface area contributed by atoms with Gasteiger partial charge in [-0.2, -0.15) is 0 Å². The van der Waals surface area contributed by atoms with Crippen LogP contribution < -0.4 is 10.6 Å². The van der Waals surface area contributed by atoms with E-state index in [-0.39, 0.29) is 0 Å². The van der Waals surface area contributed by atoms with E-state index in [0.717, 1.165) is 50.7 Å². The van der Waals surface area contributed by atoms with Crippen LogP contribution in [0.15, 0.2) is 29.4 Å². The summed E-state index contributed by atoms with van der Waals surface area (Å²) in [5, 5.41) is 7.57. The van der Waals surface area contributed by atoms with Gasteiger partial charge >= 0.3 is 0 Å². The van der Waals surface area contributed by atoms with Gasteiger partial charge in [0.15, 0.2) is 5.96 Å². The number of hydrogen-bond donors (Lipinski definition) is 2. The Hall–Kier alpha value is -1.66.